The summed E-state index contributed by atoms with van der Waals surface area (Å²) in [6.07, 6.45) is 0.849. The minimum Gasteiger partial charge on any atom is -0.497 e. The van der Waals surface area contributed by atoms with Gasteiger partial charge in [-0.2, -0.15) is 4.31 Å². The standard InChI is InChI=1S/C20H21FN2O4S/c1-27-17-6-3-7-18(11-17)28(25,26)22-9-8-20(13-22)12-19(24)23(14-20)16-5-2-4-15(21)10-16/h2-7,10-11H,8-9,12-14H2,1H3/t20-/m1/s1. The van der Waals surface area contributed by atoms with Crippen molar-refractivity contribution < 1.29 is 22.3 Å². The van der Waals surface area contributed by atoms with Crippen LogP contribution >= 0.6 is 0 Å². The Balaban J connectivity index is 1.56. The van der Waals surface area contributed by atoms with Gasteiger partial charge in [-0.25, -0.2) is 12.8 Å². The molecule has 2 aliphatic heterocycles. The lowest BCUT2D eigenvalue weighted by Gasteiger charge is -2.24. The molecule has 0 bridgehead atoms. The number of carbonyl (C=O) groups excluding carboxylic acids is 1. The molecule has 2 heterocycles. The van der Waals surface area contributed by atoms with Crippen LogP contribution in [0.2, 0.25) is 0 Å². The molecule has 2 aromatic carbocycles. The molecule has 2 fully saturated rings. The van der Waals surface area contributed by atoms with Gasteiger partial charge in [-0.1, -0.05) is 12.1 Å². The number of hydrogen-bond donors (Lipinski definition) is 0. The van der Waals surface area contributed by atoms with E-state index in [2.05, 4.69) is 0 Å². The van der Waals surface area contributed by atoms with Gasteiger partial charge in [0, 0.05) is 43.2 Å². The Bertz CT molecular complexity index is 1030. The lowest BCUT2D eigenvalue weighted by Crippen LogP contribution is -2.34. The largest absolute Gasteiger partial charge is 0.497 e. The molecule has 1 atom stereocenters. The van der Waals surface area contributed by atoms with Crippen LogP contribution in [0.4, 0.5) is 10.1 Å². The third-order valence-corrected chi connectivity index (χ3v) is 7.36. The van der Waals surface area contributed by atoms with Gasteiger partial charge in [0.2, 0.25) is 15.9 Å². The highest BCUT2D eigenvalue weighted by Crippen LogP contribution is 2.43. The zero-order valence-corrected chi connectivity index (χ0v) is 16.3. The molecular formula is C20H21FN2O4S. The molecule has 8 heteroatoms. The Kier molecular flexibility index (Phi) is 4.63. The first-order chi connectivity index (χ1) is 13.3. The molecule has 148 valence electrons. The highest BCUT2D eigenvalue weighted by atomic mass is 32.2. The van der Waals surface area contributed by atoms with Crippen molar-refractivity contribution in [2.45, 2.75) is 17.7 Å². The van der Waals surface area contributed by atoms with E-state index in [0.717, 1.165) is 0 Å². The van der Waals surface area contributed by atoms with Crippen molar-refractivity contribution in [1.29, 1.82) is 0 Å². The summed E-state index contributed by atoms with van der Waals surface area (Å²) >= 11 is 0. The zero-order valence-electron chi connectivity index (χ0n) is 15.5. The lowest BCUT2D eigenvalue weighted by atomic mass is 9.86. The topological polar surface area (TPSA) is 66.9 Å². The molecule has 1 spiro atoms. The van der Waals surface area contributed by atoms with Crippen LogP contribution in [0.15, 0.2) is 53.4 Å². The van der Waals surface area contributed by atoms with Crippen LogP contribution in [-0.4, -0.2) is 45.4 Å². The molecule has 0 aromatic heterocycles. The molecule has 0 N–H and O–H groups in total. The molecule has 0 unspecified atom stereocenters. The SMILES string of the molecule is COc1cccc(S(=O)(=O)N2CC[C@@]3(CC(=O)N(c4cccc(F)c4)C3)C2)c1. The third kappa shape index (κ3) is 3.27. The second-order valence-corrected chi connectivity index (χ2v) is 9.34. The number of carbonyl (C=O) groups is 1. The first-order valence-electron chi connectivity index (χ1n) is 9.03. The molecule has 2 aromatic rings. The van der Waals surface area contributed by atoms with Gasteiger partial charge >= 0.3 is 0 Å². The maximum atomic E-state index is 13.5. The Morgan fingerprint density at radius 1 is 1.11 bits per heavy atom. The molecule has 1 amide bonds. The van der Waals surface area contributed by atoms with Gasteiger partial charge in [0.05, 0.1) is 12.0 Å². The van der Waals surface area contributed by atoms with Gasteiger partial charge in [-0.3, -0.25) is 4.79 Å². The van der Waals surface area contributed by atoms with Crippen molar-refractivity contribution in [2.75, 3.05) is 31.6 Å². The fourth-order valence-corrected chi connectivity index (χ4v) is 5.65. The summed E-state index contributed by atoms with van der Waals surface area (Å²) in [5.41, 5.74) is 0.0611. The monoisotopic (exact) mass is 404 g/mol. The van der Waals surface area contributed by atoms with Crippen molar-refractivity contribution >= 4 is 21.6 Å². The second-order valence-electron chi connectivity index (χ2n) is 7.40. The van der Waals surface area contributed by atoms with Gasteiger partial charge in [-0.15, -0.1) is 0 Å². The number of rotatable bonds is 4. The molecule has 0 saturated carbocycles. The van der Waals surface area contributed by atoms with Gasteiger partial charge in [0.1, 0.15) is 11.6 Å². The van der Waals surface area contributed by atoms with Crippen LogP contribution in [0.1, 0.15) is 12.8 Å². The van der Waals surface area contributed by atoms with Gasteiger partial charge in [0.25, 0.3) is 0 Å². The van der Waals surface area contributed by atoms with Crippen LogP contribution < -0.4 is 9.64 Å². The number of ether oxygens (including phenoxy) is 1. The summed E-state index contributed by atoms with van der Waals surface area (Å²) in [7, 11) is -2.19. The van der Waals surface area contributed by atoms with Gasteiger partial charge in [-0.05, 0) is 36.8 Å². The Labute approximate surface area is 163 Å². The minimum absolute atomic E-state index is 0.105. The number of hydrogen-bond acceptors (Lipinski definition) is 4. The summed E-state index contributed by atoms with van der Waals surface area (Å²) in [6.45, 7) is 1.01. The number of nitrogens with zero attached hydrogens (tertiary/aromatic N) is 2. The van der Waals surface area contributed by atoms with Crippen molar-refractivity contribution in [2.24, 2.45) is 5.41 Å². The van der Waals surface area contributed by atoms with E-state index in [4.69, 9.17) is 4.74 Å². The maximum Gasteiger partial charge on any atom is 0.243 e. The first kappa shape index (κ1) is 18.9. The molecule has 0 radical (unpaired) electrons. The number of anilines is 1. The summed E-state index contributed by atoms with van der Waals surface area (Å²) in [4.78, 5) is 14.3. The second kappa shape index (κ2) is 6.86. The number of methoxy groups -OCH3 is 1. The van der Waals surface area contributed by atoms with Crippen molar-refractivity contribution in [1.82, 2.24) is 4.31 Å². The number of halogens is 1. The quantitative estimate of drug-likeness (QED) is 0.786. The maximum absolute atomic E-state index is 13.5. The Hall–Kier alpha value is -2.45. The van der Waals surface area contributed by atoms with E-state index in [1.807, 2.05) is 0 Å². The minimum atomic E-state index is -3.68. The van der Waals surface area contributed by atoms with E-state index in [0.29, 0.717) is 30.9 Å². The first-order valence-corrected chi connectivity index (χ1v) is 10.5. The fourth-order valence-electron chi connectivity index (χ4n) is 4.06. The third-order valence-electron chi connectivity index (χ3n) is 5.52. The van der Waals surface area contributed by atoms with Gasteiger partial charge < -0.3 is 9.64 Å². The van der Waals surface area contributed by atoms with E-state index in [1.54, 1.807) is 35.2 Å². The van der Waals surface area contributed by atoms with Crippen molar-refractivity contribution in [3.8, 4) is 5.75 Å². The number of sulfonamides is 1. The Morgan fingerprint density at radius 2 is 1.89 bits per heavy atom. The van der Waals surface area contributed by atoms with E-state index >= 15 is 0 Å². The lowest BCUT2D eigenvalue weighted by molar-refractivity contribution is -0.117. The van der Waals surface area contributed by atoms with Crippen LogP contribution in [0.5, 0.6) is 5.75 Å². The molecule has 6 nitrogen and oxygen atoms in total. The average Bonchev–Trinajstić information content (AvgIpc) is 3.25. The van der Waals surface area contributed by atoms with E-state index in [9.17, 15) is 17.6 Å². The highest BCUT2D eigenvalue weighted by Gasteiger charge is 2.50. The molecule has 0 aliphatic carbocycles. The molecule has 2 aliphatic rings. The highest BCUT2D eigenvalue weighted by molar-refractivity contribution is 7.89. The summed E-state index contributed by atoms with van der Waals surface area (Å²) in [6, 6.07) is 12.3. The van der Waals surface area contributed by atoms with Crippen molar-refractivity contribution in [3.05, 3.63) is 54.3 Å². The van der Waals surface area contributed by atoms with Crippen LogP contribution in [0, 0.1) is 11.2 Å². The number of benzene rings is 2. The van der Waals surface area contributed by atoms with Crippen molar-refractivity contribution in [3.63, 3.8) is 0 Å². The predicted molar refractivity (Wildman–Crippen MR) is 102 cm³/mol. The van der Waals surface area contributed by atoms with Crippen LogP contribution in [-0.2, 0) is 14.8 Å². The molecule has 28 heavy (non-hydrogen) atoms. The average molecular weight is 404 g/mol. The van der Waals surface area contributed by atoms with Crippen LogP contribution in [0.25, 0.3) is 0 Å². The molecular weight excluding hydrogens is 383 g/mol. The summed E-state index contributed by atoms with van der Waals surface area (Å²) in [5, 5.41) is 0. The molecule has 2 saturated heterocycles. The molecule has 4 rings (SSSR count). The van der Waals surface area contributed by atoms with Crippen LogP contribution in [0.3, 0.4) is 0 Å². The Morgan fingerprint density at radius 3 is 2.64 bits per heavy atom. The predicted octanol–water partition coefficient (Wildman–Crippen LogP) is 2.65. The summed E-state index contributed by atoms with van der Waals surface area (Å²) in [5.74, 6) is -0.0329. The zero-order chi connectivity index (χ0) is 19.9. The van der Waals surface area contributed by atoms with Gasteiger partial charge in [0.15, 0.2) is 0 Å². The normalized spacial score (nSPS) is 22.9. The van der Waals surface area contributed by atoms with E-state index in [-0.39, 0.29) is 23.8 Å². The smallest absolute Gasteiger partial charge is 0.243 e. The summed E-state index contributed by atoms with van der Waals surface area (Å²) < 4.78 is 46.2. The number of amides is 1. The van der Waals surface area contributed by atoms with E-state index in [1.165, 1.54) is 29.6 Å². The fraction of sp³-hybridized carbons (Fsp3) is 0.350. The van der Waals surface area contributed by atoms with E-state index < -0.39 is 21.3 Å².